The summed E-state index contributed by atoms with van der Waals surface area (Å²) in [5.74, 6) is -0.566. The Morgan fingerprint density at radius 2 is 1.66 bits per heavy atom. The number of hydroxylamine groups is 1. The van der Waals surface area contributed by atoms with Gasteiger partial charge in [-0.25, -0.2) is 0 Å². The van der Waals surface area contributed by atoms with E-state index in [9.17, 15) is 14.4 Å². The van der Waals surface area contributed by atoms with Gasteiger partial charge in [0, 0.05) is 23.9 Å². The van der Waals surface area contributed by atoms with Gasteiger partial charge in [-0.3, -0.25) is 19.4 Å². The van der Waals surface area contributed by atoms with Gasteiger partial charge in [0.05, 0.1) is 24.6 Å². The first-order valence-electron chi connectivity index (χ1n) is 13.8. The molecule has 0 aliphatic heterocycles. The highest BCUT2D eigenvalue weighted by atomic mass is 16.7. The smallest absolute Gasteiger partial charge is 0.328 e. The number of ether oxygens (including phenoxy) is 2. The molecular weight excluding hydrogens is 522 g/mol. The van der Waals surface area contributed by atoms with Crippen molar-refractivity contribution in [3.05, 3.63) is 84.1 Å². The van der Waals surface area contributed by atoms with Crippen LogP contribution in [0.3, 0.4) is 0 Å². The van der Waals surface area contributed by atoms with Crippen LogP contribution >= 0.6 is 0 Å². The molecule has 0 fully saturated rings. The fourth-order valence-electron chi connectivity index (χ4n) is 3.91. The predicted octanol–water partition coefficient (Wildman–Crippen LogP) is 4.91. The SMILES string of the molecule is CCC(Cc1ccc(OCCNC(=O)c2ccc(-c3ccccn3)cc2)cc1)C(=O)ONCCC(=O)OC(C)(C)C. The number of amides is 1. The van der Waals surface area contributed by atoms with E-state index >= 15 is 0 Å². The fourth-order valence-corrected chi connectivity index (χ4v) is 3.91. The quantitative estimate of drug-likeness (QED) is 0.162. The number of benzene rings is 2. The number of pyridine rings is 1. The van der Waals surface area contributed by atoms with Gasteiger partial charge < -0.3 is 19.6 Å². The molecule has 1 heterocycles. The Bertz CT molecular complexity index is 1260. The molecule has 2 N–H and O–H groups in total. The second kappa shape index (κ2) is 15.5. The van der Waals surface area contributed by atoms with E-state index in [1.165, 1.54) is 0 Å². The molecule has 3 rings (SSSR count). The molecule has 0 spiro atoms. The van der Waals surface area contributed by atoms with Crippen LogP contribution in [0.1, 0.15) is 56.5 Å². The normalized spacial score (nSPS) is 11.8. The molecule has 0 bridgehead atoms. The minimum atomic E-state index is -0.549. The van der Waals surface area contributed by atoms with E-state index in [1.807, 2.05) is 61.5 Å². The van der Waals surface area contributed by atoms with Gasteiger partial charge in [0.25, 0.3) is 5.91 Å². The van der Waals surface area contributed by atoms with Gasteiger partial charge in [0.2, 0.25) is 0 Å². The maximum absolute atomic E-state index is 12.5. The maximum atomic E-state index is 12.5. The van der Waals surface area contributed by atoms with Crippen molar-refractivity contribution in [1.82, 2.24) is 15.8 Å². The molecule has 1 atom stereocenters. The lowest BCUT2D eigenvalue weighted by Crippen LogP contribution is -2.30. The molecule has 0 aliphatic rings. The van der Waals surface area contributed by atoms with Gasteiger partial charge in [-0.1, -0.05) is 37.3 Å². The third-order valence-corrected chi connectivity index (χ3v) is 6.02. The highest BCUT2D eigenvalue weighted by molar-refractivity contribution is 5.94. The lowest BCUT2D eigenvalue weighted by Gasteiger charge is -2.19. The highest BCUT2D eigenvalue weighted by Gasteiger charge is 2.20. The van der Waals surface area contributed by atoms with Crippen LogP contribution in [-0.4, -0.2) is 48.1 Å². The van der Waals surface area contributed by atoms with Gasteiger partial charge in [0.1, 0.15) is 18.0 Å². The molecule has 1 unspecified atom stereocenters. The number of nitrogens with one attached hydrogen (secondary N) is 2. The number of nitrogens with zero attached hydrogens (tertiary/aromatic N) is 1. The van der Waals surface area contributed by atoms with Crippen molar-refractivity contribution >= 4 is 17.8 Å². The molecule has 9 heteroatoms. The molecule has 9 nitrogen and oxygen atoms in total. The van der Waals surface area contributed by atoms with Crippen LogP contribution in [0.15, 0.2) is 72.9 Å². The van der Waals surface area contributed by atoms with Crippen molar-refractivity contribution in [2.24, 2.45) is 5.92 Å². The Labute approximate surface area is 241 Å². The van der Waals surface area contributed by atoms with E-state index in [2.05, 4.69) is 15.8 Å². The number of hydrogen-bond donors (Lipinski definition) is 2. The first kappa shape index (κ1) is 31.3. The summed E-state index contributed by atoms with van der Waals surface area (Å²) in [4.78, 5) is 46.1. The third kappa shape index (κ3) is 11.0. The number of aromatic nitrogens is 1. The van der Waals surface area contributed by atoms with Crippen LogP contribution in [0, 0.1) is 5.92 Å². The molecule has 2 aromatic carbocycles. The standard InChI is InChI=1S/C32H39N3O6/c1-5-24(31(38)41-35-19-17-29(36)40-32(2,3)4)22-23-9-15-27(16-10-23)39-21-20-34-30(37)26-13-11-25(12-14-26)28-8-6-7-18-33-28/h6-16,18,24,35H,5,17,19-22H2,1-4H3,(H,34,37). The number of esters is 1. The highest BCUT2D eigenvalue weighted by Crippen LogP contribution is 2.19. The van der Waals surface area contributed by atoms with Crippen LogP contribution in [0.5, 0.6) is 5.75 Å². The van der Waals surface area contributed by atoms with Gasteiger partial charge in [-0.2, -0.15) is 5.48 Å². The largest absolute Gasteiger partial charge is 0.492 e. The number of carbonyl (C=O) groups excluding carboxylic acids is 3. The zero-order valence-electron chi connectivity index (χ0n) is 24.1. The van der Waals surface area contributed by atoms with Crippen molar-refractivity contribution in [1.29, 1.82) is 0 Å². The summed E-state index contributed by atoms with van der Waals surface area (Å²) in [6.45, 7) is 8.18. The number of rotatable bonds is 14. The summed E-state index contributed by atoms with van der Waals surface area (Å²) >= 11 is 0. The molecule has 1 aromatic heterocycles. The number of hydrogen-bond acceptors (Lipinski definition) is 8. The summed E-state index contributed by atoms with van der Waals surface area (Å²) in [5.41, 5.74) is 5.35. The topological polar surface area (TPSA) is 116 Å². The number of carbonyl (C=O) groups is 3. The average Bonchev–Trinajstić information content (AvgIpc) is 2.96. The van der Waals surface area contributed by atoms with Crippen molar-refractivity contribution in [2.45, 2.75) is 52.6 Å². The Hall–Kier alpha value is -4.24. The van der Waals surface area contributed by atoms with Crippen molar-refractivity contribution in [3.8, 4) is 17.0 Å². The van der Waals surface area contributed by atoms with Gasteiger partial charge in [0.15, 0.2) is 0 Å². The van der Waals surface area contributed by atoms with Crippen LogP contribution in [0.25, 0.3) is 11.3 Å². The summed E-state index contributed by atoms with van der Waals surface area (Å²) in [6, 6.07) is 20.5. The van der Waals surface area contributed by atoms with Crippen molar-refractivity contribution in [3.63, 3.8) is 0 Å². The lowest BCUT2D eigenvalue weighted by molar-refractivity contribution is -0.160. The van der Waals surface area contributed by atoms with Gasteiger partial charge >= 0.3 is 11.9 Å². The van der Waals surface area contributed by atoms with Crippen LogP contribution in [0.4, 0.5) is 0 Å². The Kier molecular flexibility index (Phi) is 11.8. The second-order valence-corrected chi connectivity index (χ2v) is 10.5. The molecule has 0 saturated carbocycles. The molecular formula is C32H39N3O6. The van der Waals surface area contributed by atoms with E-state index in [1.54, 1.807) is 39.1 Å². The molecule has 1 amide bonds. The van der Waals surface area contributed by atoms with Crippen LogP contribution < -0.4 is 15.5 Å². The second-order valence-electron chi connectivity index (χ2n) is 10.5. The third-order valence-electron chi connectivity index (χ3n) is 6.02. The molecule has 0 radical (unpaired) electrons. The zero-order chi connectivity index (χ0) is 29.7. The molecule has 3 aromatic rings. The summed E-state index contributed by atoms with van der Waals surface area (Å²) in [6.07, 6.45) is 2.96. The molecule has 218 valence electrons. The van der Waals surface area contributed by atoms with Crippen molar-refractivity contribution < 1.29 is 28.7 Å². The van der Waals surface area contributed by atoms with Crippen molar-refractivity contribution in [2.75, 3.05) is 19.7 Å². The summed E-state index contributed by atoms with van der Waals surface area (Å²) in [5, 5.41) is 2.86. The monoisotopic (exact) mass is 561 g/mol. The van der Waals surface area contributed by atoms with Crippen LogP contribution in [0.2, 0.25) is 0 Å². The zero-order valence-corrected chi connectivity index (χ0v) is 24.1. The maximum Gasteiger partial charge on any atom is 0.328 e. The first-order valence-corrected chi connectivity index (χ1v) is 13.8. The Balaban J connectivity index is 1.35. The lowest BCUT2D eigenvalue weighted by atomic mass is 9.97. The predicted molar refractivity (Wildman–Crippen MR) is 156 cm³/mol. The fraction of sp³-hybridized carbons (Fsp3) is 0.375. The van der Waals surface area contributed by atoms with Gasteiger partial charge in [-0.05, 0) is 75.6 Å². The minimum Gasteiger partial charge on any atom is -0.492 e. The summed E-state index contributed by atoms with van der Waals surface area (Å²) in [7, 11) is 0. The average molecular weight is 562 g/mol. The minimum absolute atomic E-state index is 0.103. The summed E-state index contributed by atoms with van der Waals surface area (Å²) < 4.78 is 11.0. The van der Waals surface area contributed by atoms with Crippen LogP contribution in [-0.2, 0) is 25.6 Å². The van der Waals surface area contributed by atoms with E-state index in [0.29, 0.717) is 37.3 Å². The van der Waals surface area contributed by atoms with Gasteiger partial charge in [-0.15, -0.1) is 0 Å². The Morgan fingerprint density at radius 3 is 2.29 bits per heavy atom. The van der Waals surface area contributed by atoms with E-state index in [-0.39, 0.29) is 36.7 Å². The molecule has 0 saturated heterocycles. The molecule has 41 heavy (non-hydrogen) atoms. The van der Waals surface area contributed by atoms with E-state index < -0.39 is 5.60 Å². The molecule has 0 aliphatic carbocycles. The van der Waals surface area contributed by atoms with E-state index in [0.717, 1.165) is 16.8 Å². The first-order chi connectivity index (χ1) is 19.6. The van der Waals surface area contributed by atoms with E-state index in [4.69, 9.17) is 14.3 Å². The Morgan fingerprint density at radius 1 is 0.927 bits per heavy atom.